The van der Waals surface area contributed by atoms with Crippen molar-refractivity contribution >= 4 is 0 Å². The summed E-state index contributed by atoms with van der Waals surface area (Å²) in [5.41, 5.74) is 2.78. The first kappa shape index (κ1) is 10.2. The molecular formula is C14H22N2O. The van der Waals surface area contributed by atoms with Crippen molar-refractivity contribution < 1.29 is 4.74 Å². The van der Waals surface area contributed by atoms with Crippen LogP contribution in [0.15, 0.2) is 11.4 Å². The van der Waals surface area contributed by atoms with Gasteiger partial charge in [-0.25, -0.2) is 0 Å². The highest BCUT2D eigenvalue weighted by molar-refractivity contribution is 5.38. The molecule has 0 aromatic rings. The Morgan fingerprint density at radius 3 is 1.94 bits per heavy atom. The quantitative estimate of drug-likeness (QED) is 0.634. The van der Waals surface area contributed by atoms with E-state index < -0.39 is 0 Å². The lowest BCUT2D eigenvalue weighted by Gasteiger charge is -2.55. The first-order valence-corrected chi connectivity index (χ1v) is 6.92. The molecule has 0 N–H and O–H groups in total. The van der Waals surface area contributed by atoms with E-state index in [1.165, 1.54) is 38.8 Å². The van der Waals surface area contributed by atoms with E-state index in [4.69, 9.17) is 4.74 Å². The van der Waals surface area contributed by atoms with E-state index in [2.05, 4.69) is 23.9 Å². The fourth-order valence-electron chi connectivity index (χ4n) is 4.22. The molecule has 0 amide bonds. The molecule has 4 aliphatic rings. The Balaban J connectivity index is 1.88. The Bertz CT molecular complexity index is 387. The van der Waals surface area contributed by atoms with Crippen LogP contribution in [0.25, 0.3) is 0 Å². The van der Waals surface area contributed by atoms with E-state index in [1.54, 1.807) is 11.4 Å². The molecule has 3 heteroatoms. The van der Waals surface area contributed by atoms with E-state index in [0.29, 0.717) is 10.8 Å². The molecule has 0 unspecified atom stereocenters. The number of ether oxygens (including phenoxy) is 1. The first-order valence-electron chi connectivity index (χ1n) is 6.92. The summed E-state index contributed by atoms with van der Waals surface area (Å²) in [6.45, 7) is 4.40. The van der Waals surface area contributed by atoms with Gasteiger partial charge in [-0.2, -0.15) is 0 Å². The van der Waals surface area contributed by atoms with Crippen molar-refractivity contribution in [2.45, 2.75) is 25.7 Å². The summed E-state index contributed by atoms with van der Waals surface area (Å²) >= 11 is 0. The van der Waals surface area contributed by atoms with Crippen LogP contribution >= 0.6 is 0 Å². The molecule has 2 fully saturated rings. The average molecular weight is 234 g/mol. The molecular weight excluding hydrogens is 212 g/mol. The van der Waals surface area contributed by atoms with Gasteiger partial charge in [0.2, 0.25) is 0 Å². The number of hydrogen-bond acceptors (Lipinski definition) is 3. The molecule has 0 radical (unpaired) electrons. The molecule has 94 valence electrons. The molecule has 4 rings (SSSR count). The van der Waals surface area contributed by atoms with Gasteiger partial charge < -0.3 is 14.5 Å². The number of rotatable bonds is 0. The summed E-state index contributed by atoms with van der Waals surface area (Å²) < 4.78 is 5.58. The predicted molar refractivity (Wildman–Crippen MR) is 66.4 cm³/mol. The van der Waals surface area contributed by atoms with Gasteiger partial charge >= 0.3 is 0 Å². The highest BCUT2D eigenvalue weighted by Gasteiger charge is 2.60. The summed E-state index contributed by atoms with van der Waals surface area (Å²) in [6, 6.07) is 0. The van der Waals surface area contributed by atoms with E-state index in [1.807, 2.05) is 0 Å². The van der Waals surface area contributed by atoms with E-state index in [-0.39, 0.29) is 0 Å². The maximum absolute atomic E-state index is 5.58. The summed E-state index contributed by atoms with van der Waals surface area (Å²) in [6.07, 6.45) is 5.53. The molecule has 0 aromatic carbocycles. The summed E-state index contributed by atoms with van der Waals surface area (Å²) in [4.78, 5) is 4.97. The zero-order valence-electron chi connectivity index (χ0n) is 11.0. The zero-order valence-corrected chi connectivity index (χ0v) is 11.0. The first-order chi connectivity index (χ1) is 8.17. The molecule has 17 heavy (non-hydrogen) atoms. The lowest BCUT2D eigenvalue weighted by molar-refractivity contribution is -0.114. The van der Waals surface area contributed by atoms with Gasteiger partial charge in [-0.15, -0.1) is 0 Å². The maximum atomic E-state index is 5.58. The Kier molecular flexibility index (Phi) is 1.81. The molecule has 1 saturated heterocycles. The molecule has 3 heterocycles. The Morgan fingerprint density at radius 2 is 1.47 bits per heavy atom. The highest BCUT2D eigenvalue weighted by Crippen LogP contribution is 2.65. The van der Waals surface area contributed by atoms with Gasteiger partial charge in [0.1, 0.15) is 5.82 Å². The normalized spacial score (nSPS) is 32.8. The van der Waals surface area contributed by atoms with Crippen LogP contribution in [0.1, 0.15) is 25.7 Å². The molecule has 3 nitrogen and oxygen atoms in total. The smallest absolute Gasteiger partial charge is 0.104 e. The van der Waals surface area contributed by atoms with Crippen LogP contribution in [0.2, 0.25) is 0 Å². The third-order valence-corrected chi connectivity index (χ3v) is 5.47. The van der Waals surface area contributed by atoms with Gasteiger partial charge in [-0.05, 0) is 36.7 Å². The van der Waals surface area contributed by atoms with Crippen molar-refractivity contribution in [1.82, 2.24) is 9.80 Å². The summed E-state index contributed by atoms with van der Waals surface area (Å²) in [5, 5.41) is 0. The predicted octanol–water partition coefficient (Wildman–Crippen LogP) is 1.67. The van der Waals surface area contributed by atoms with Crippen LogP contribution in [-0.2, 0) is 4.74 Å². The van der Waals surface area contributed by atoms with Gasteiger partial charge in [0.25, 0.3) is 0 Å². The van der Waals surface area contributed by atoms with Gasteiger partial charge in [-0.1, -0.05) is 0 Å². The fourth-order valence-corrected chi connectivity index (χ4v) is 4.22. The van der Waals surface area contributed by atoms with Gasteiger partial charge in [0.15, 0.2) is 0 Å². The fraction of sp³-hybridized carbons (Fsp3) is 0.857. The van der Waals surface area contributed by atoms with Gasteiger partial charge in [0.05, 0.1) is 13.2 Å². The molecule has 2 spiro atoms. The van der Waals surface area contributed by atoms with Crippen molar-refractivity contribution in [3.8, 4) is 0 Å². The Hall–Kier alpha value is -0.700. The average Bonchev–Trinajstić information content (AvgIpc) is 3.03. The lowest BCUT2D eigenvalue weighted by Crippen LogP contribution is -2.56. The molecule has 1 saturated carbocycles. The standard InChI is InChI=1S/C14H22N2O/c1-15-7-5-13(3-4-13)11-12(15)16(2)8-6-14(11)9-17-10-14/h3-10H2,1-2H3. The Labute approximate surface area is 103 Å². The molecule has 0 bridgehead atoms. The second kappa shape index (κ2) is 3.00. The van der Waals surface area contributed by atoms with Crippen LogP contribution in [-0.4, -0.2) is 50.2 Å². The summed E-state index contributed by atoms with van der Waals surface area (Å²) in [7, 11) is 4.53. The topological polar surface area (TPSA) is 15.7 Å². The van der Waals surface area contributed by atoms with Crippen LogP contribution in [0, 0.1) is 10.8 Å². The van der Waals surface area contributed by atoms with Crippen LogP contribution in [0.5, 0.6) is 0 Å². The maximum Gasteiger partial charge on any atom is 0.104 e. The third-order valence-electron chi connectivity index (χ3n) is 5.47. The van der Waals surface area contributed by atoms with Gasteiger partial charge in [-0.3, -0.25) is 0 Å². The SMILES string of the molecule is CN1CCC2(CC2)C2=C1N(C)CCC21COC1. The molecule has 3 aliphatic heterocycles. The van der Waals surface area contributed by atoms with Crippen LogP contribution < -0.4 is 0 Å². The van der Waals surface area contributed by atoms with Crippen molar-refractivity contribution in [2.75, 3.05) is 40.4 Å². The van der Waals surface area contributed by atoms with Crippen molar-refractivity contribution in [3.63, 3.8) is 0 Å². The van der Waals surface area contributed by atoms with E-state index in [9.17, 15) is 0 Å². The largest absolute Gasteiger partial charge is 0.379 e. The van der Waals surface area contributed by atoms with Gasteiger partial charge in [0, 0.05) is 32.6 Å². The number of fused-ring (bicyclic) bond motifs is 2. The second-order valence-electron chi connectivity index (χ2n) is 6.60. The minimum Gasteiger partial charge on any atom is -0.379 e. The minimum atomic E-state index is 0.424. The van der Waals surface area contributed by atoms with E-state index >= 15 is 0 Å². The minimum absolute atomic E-state index is 0.424. The van der Waals surface area contributed by atoms with E-state index in [0.717, 1.165) is 13.2 Å². The zero-order chi connectivity index (χ0) is 11.7. The number of hydrogen-bond donors (Lipinski definition) is 0. The summed E-state index contributed by atoms with van der Waals surface area (Å²) in [5.74, 6) is 1.54. The molecule has 0 atom stereocenters. The van der Waals surface area contributed by atoms with Crippen molar-refractivity contribution in [2.24, 2.45) is 10.8 Å². The van der Waals surface area contributed by atoms with Crippen LogP contribution in [0.4, 0.5) is 0 Å². The number of nitrogens with zero attached hydrogens (tertiary/aromatic N) is 2. The monoisotopic (exact) mass is 234 g/mol. The highest BCUT2D eigenvalue weighted by atomic mass is 16.5. The Morgan fingerprint density at radius 1 is 0.882 bits per heavy atom. The molecule has 1 aliphatic carbocycles. The van der Waals surface area contributed by atoms with Crippen molar-refractivity contribution in [3.05, 3.63) is 11.4 Å². The van der Waals surface area contributed by atoms with Crippen LogP contribution in [0.3, 0.4) is 0 Å². The third kappa shape index (κ3) is 1.16. The lowest BCUT2D eigenvalue weighted by atomic mass is 9.65. The molecule has 0 aromatic heterocycles. The second-order valence-corrected chi connectivity index (χ2v) is 6.60. The van der Waals surface area contributed by atoms with Crippen molar-refractivity contribution in [1.29, 1.82) is 0 Å².